The van der Waals surface area contributed by atoms with E-state index in [2.05, 4.69) is 10.3 Å². The number of carbonyl (C=O) groups is 1. The van der Waals surface area contributed by atoms with E-state index in [1.807, 2.05) is 12.1 Å². The first-order valence-electron chi connectivity index (χ1n) is 6.51. The molecular weight excluding hydrogens is 302 g/mol. The molecule has 0 radical (unpaired) electrons. The van der Waals surface area contributed by atoms with Gasteiger partial charge in [-0.15, -0.1) is 0 Å². The molecule has 0 aliphatic carbocycles. The van der Waals surface area contributed by atoms with Gasteiger partial charge in [-0.3, -0.25) is 4.79 Å². The van der Waals surface area contributed by atoms with Crippen LogP contribution in [0.1, 0.15) is 27.7 Å². The Morgan fingerprint density at radius 2 is 2.05 bits per heavy atom. The van der Waals surface area contributed by atoms with Crippen LogP contribution in [0.25, 0.3) is 0 Å². The van der Waals surface area contributed by atoms with E-state index in [1.54, 1.807) is 24.3 Å². The summed E-state index contributed by atoms with van der Waals surface area (Å²) in [5.41, 5.74) is 1.25. The Bertz CT molecular complexity index is 804. The SMILES string of the molecule is CS(=O)(=O)C[C@H](NC(=O)c1cc(C#N)c[nH]1)c1ccccc1. The molecule has 1 amide bonds. The number of hydrogen-bond donors (Lipinski definition) is 2. The number of nitrogens with one attached hydrogen (secondary N) is 2. The van der Waals surface area contributed by atoms with Crippen molar-refractivity contribution in [1.29, 1.82) is 5.26 Å². The smallest absolute Gasteiger partial charge is 0.268 e. The van der Waals surface area contributed by atoms with Gasteiger partial charge in [0.25, 0.3) is 5.91 Å². The number of benzene rings is 1. The molecule has 1 aromatic carbocycles. The molecule has 6 nitrogen and oxygen atoms in total. The van der Waals surface area contributed by atoms with Crippen molar-refractivity contribution in [2.45, 2.75) is 6.04 Å². The van der Waals surface area contributed by atoms with E-state index >= 15 is 0 Å². The summed E-state index contributed by atoms with van der Waals surface area (Å²) in [5, 5.41) is 11.4. The Morgan fingerprint density at radius 3 is 2.59 bits per heavy atom. The molecule has 22 heavy (non-hydrogen) atoms. The molecule has 1 atom stereocenters. The minimum atomic E-state index is -3.28. The topological polar surface area (TPSA) is 103 Å². The highest BCUT2D eigenvalue weighted by Crippen LogP contribution is 2.15. The average Bonchev–Trinajstić information content (AvgIpc) is 2.95. The summed E-state index contributed by atoms with van der Waals surface area (Å²) in [6, 6.07) is 11.6. The van der Waals surface area contributed by atoms with Gasteiger partial charge in [-0.25, -0.2) is 8.42 Å². The average molecular weight is 317 g/mol. The Labute approximate surface area is 128 Å². The maximum absolute atomic E-state index is 12.2. The van der Waals surface area contributed by atoms with Crippen LogP contribution in [0, 0.1) is 11.3 Å². The Kier molecular flexibility index (Phi) is 4.63. The second kappa shape index (κ2) is 6.45. The summed E-state index contributed by atoms with van der Waals surface area (Å²) >= 11 is 0. The highest BCUT2D eigenvalue weighted by molar-refractivity contribution is 7.90. The standard InChI is InChI=1S/C15H15N3O3S/c1-22(20,21)10-14(12-5-3-2-4-6-12)18-15(19)13-7-11(8-16)9-17-13/h2-7,9,14,17H,10H2,1H3,(H,18,19)/t14-/m0/s1. The number of sulfone groups is 1. The van der Waals surface area contributed by atoms with E-state index in [9.17, 15) is 13.2 Å². The number of rotatable bonds is 5. The summed E-state index contributed by atoms with van der Waals surface area (Å²) in [6.07, 6.45) is 2.54. The first-order chi connectivity index (χ1) is 10.4. The predicted octanol–water partition coefficient (Wildman–Crippen LogP) is 1.40. The molecule has 0 saturated carbocycles. The normalized spacial score (nSPS) is 12.4. The van der Waals surface area contributed by atoms with Gasteiger partial charge < -0.3 is 10.3 Å². The summed E-state index contributed by atoms with van der Waals surface area (Å²) in [6.45, 7) is 0. The van der Waals surface area contributed by atoms with Gasteiger partial charge in [0.05, 0.1) is 17.4 Å². The molecule has 0 spiro atoms. The first kappa shape index (κ1) is 15.8. The first-order valence-corrected chi connectivity index (χ1v) is 8.57. The van der Waals surface area contributed by atoms with Gasteiger partial charge in [-0.2, -0.15) is 5.26 Å². The van der Waals surface area contributed by atoms with Crippen molar-refractivity contribution in [3.8, 4) is 6.07 Å². The third-order valence-corrected chi connectivity index (χ3v) is 3.97. The third-order valence-electron chi connectivity index (χ3n) is 3.03. The van der Waals surface area contributed by atoms with Crippen LogP contribution in [-0.2, 0) is 9.84 Å². The zero-order valence-electron chi connectivity index (χ0n) is 11.9. The van der Waals surface area contributed by atoms with Crippen LogP contribution in [0.3, 0.4) is 0 Å². The van der Waals surface area contributed by atoms with Gasteiger partial charge in [-0.05, 0) is 11.6 Å². The van der Waals surface area contributed by atoms with Gasteiger partial charge in [0, 0.05) is 12.5 Å². The van der Waals surface area contributed by atoms with Crippen LogP contribution in [0.4, 0.5) is 0 Å². The fourth-order valence-electron chi connectivity index (χ4n) is 2.04. The molecule has 7 heteroatoms. The predicted molar refractivity (Wildman–Crippen MR) is 81.9 cm³/mol. The van der Waals surface area contributed by atoms with Crippen molar-refractivity contribution in [2.75, 3.05) is 12.0 Å². The second-order valence-electron chi connectivity index (χ2n) is 4.94. The molecular formula is C15H15N3O3S. The molecule has 1 aromatic heterocycles. The number of carbonyl (C=O) groups excluding carboxylic acids is 1. The lowest BCUT2D eigenvalue weighted by Crippen LogP contribution is -2.33. The van der Waals surface area contributed by atoms with Gasteiger partial charge in [-0.1, -0.05) is 30.3 Å². The number of hydrogen-bond acceptors (Lipinski definition) is 4. The van der Waals surface area contributed by atoms with Gasteiger partial charge in [0.2, 0.25) is 0 Å². The quantitative estimate of drug-likeness (QED) is 0.870. The summed E-state index contributed by atoms with van der Waals surface area (Å²) in [7, 11) is -3.28. The Hall–Kier alpha value is -2.59. The van der Waals surface area contributed by atoms with Crippen molar-refractivity contribution < 1.29 is 13.2 Å². The fourth-order valence-corrected chi connectivity index (χ4v) is 2.92. The van der Waals surface area contributed by atoms with Crippen LogP contribution in [-0.4, -0.2) is 31.3 Å². The summed E-state index contributed by atoms with van der Waals surface area (Å²) < 4.78 is 23.2. The molecule has 2 aromatic rings. The molecule has 0 bridgehead atoms. The van der Waals surface area contributed by atoms with E-state index in [-0.39, 0.29) is 11.4 Å². The maximum Gasteiger partial charge on any atom is 0.268 e. The van der Waals surface area contributed by atoms with E-state index in [4.69, 9.17) is 5.26 Å². The number of aromatic nitrogens is 1. The zero-order valence-corrected chi connectivity index (χ0v) is 12.7. The molecule has 0 unspecified atom stereocenters. The maximum atomic E-state index is 12.2. The lowest BCUT2D eigenvalue weighted by molar-refractivity contribution is 0.0936. The molecule has 0 fully saturated rings. The second-order valence-corrected chi connectivity index (χ2v) is 7.13. The Balaban J connectivity index is 2.23. The van der Waals surface area contributed by atoms with Crippen molar-refractivity contribution in [3.63, 3.8) is 0 Å². The van der Waals surface area contributed by atoms with Crippen LogP contribution < -0.4 is 5.32 Å². The fraction of sp³-hybridized carbons (Fsp3) is 0.200. The molecule has 114 valence electrons. The van der Waals surface area contributed by atoms with E-state index in [0.29, 0.717) is 11.1 Å². The molecule has 0 aliphatic heterocycles. The number of H-pyrrole nitrogens is 1. The minimum absolute atomic E-state index is 0.200. The van der Waals surface area contributed by atoms with E-state index in [0.717, 1.165) is 6.26 Å². The summed E-state index contributed by atoms with van der Waals surface area (Å²) in [5.74, 6) is -0.659. The molecule has 1 heterocycles. The zero-order chi connectivity index (χ0) is 16.2. The highest BCUT2D eigenvalue weighted by atomic mass is 32.2. The summed E-state index contributed by atoms with van der Waals surface area (Å²) in [4.78, 5) is 14.9. The van der Waals surface area contributed by atoms with E-state index in [1.165, 1.54) is 12.3 Å². The molecule has 0 saturated heterocycles. The monoisotopic (exact) mass is 317 g/mol. The van der Waals surface area contributed by atoms with Crippen molar-refractivity contribution in [2.24, 2.45) is 0 Å². The van der Waals surface area contributed by atoms with Gasteiger partial charge in [0.1, 0.15) is 21.6 Å². The highest BCUT2D eigenvalue weighted by Gasteiger charge is 2.21. The lowest BCUT2D eigenvalue weighted by Gasteiger charge is -2.18. The van der Waals surface area contributed by atoms with E-state index < -0.39 is 21.8 Å². The van der Waals surface area contributed by atoms with Crippen molar-refractivity contribution >= 4 is 15.7 Å². The van der Waals surface area contributed by atoms with Crippen molar-refractivity contribution in [3.05, 3.63) is 59.4 Å². The van der Waals surface area contributed by atoms with Gasteiger partial charge >= 0.3 is 0 Å². The van der Waals surface area contributed by atoms with Crippen LogP contribution in [0.2, 0.25) is 0 Å². The molecule has 0 aliphatic rings. The third kappa shape index (κ3) is 4.20. The number of aromatic amines is 1. The largest absolute Gasteiger partial charge is 0.356 e. The number of nitrogens with zero attached hydrogens (tertiary/aromatic N) is 1. The molecule has 2 N–H and O–H groups in total. The van der Waals surface area contributed by atoms with Crippen LogP contribution in [0.5, 0.6) is 0 Å². The van der Waals surface area contributed by atoms with Crippen LogP contribution in [0.15, 0.2) is 42.6 Å². The van der Waals surface area contributed by atoms with Crippen molar-refractivity contribution in [1.82, 2.24) is 10.3 Å². The van der Waals surface area contributed by atoms with Crippen LogP contribution >= 0.6 is 0 Å². The Morgan fingerprint density at radius 1 is 1.36 bits per heavy atom. The van der Waals surface area contributed by atoms with Gasteiger partial charge in [0.15, 0.2) is 0 Å². The molecule has 2 rings (SSSR count). The minimum Gasteiger partial charge on any atom is -0.356 e. The number of amides is 1. The number of nitriles is 1. The lowest BCUT2D eigenvalue weighted by atomic mass is 10.1.